The normalized spacial score (nSPS) is 13.3. The van der Waals surface area contributed by atoms with Crippen LogP contribution >= 0.6 is 23.2 Å². The zero-order chi connectivity index (χ0) is 13.9. The molecule has 3 aromatic rings. The van der Waals surface area contributed by atoms with Crippen molar-refractivity contribution in [3.63, 3.8) is 0 Å². The molecular weight excluding hydrogens is 297 g/mol. The van der Waals surface area contributed by atoms with Crippen LogP contribution < -0.4 is 0 Å². The second kappa shape index (κ2) is 4.11. The van der Waals surface area contributed by atoms with Crippen molar-refractivity contribution in [3.8, 4) is 11.5 Å². The molecule has 2 aromatic heterocycles. The Morgan fingerprint density at radius 1 is 1.15 bits per heavy atom. The van der Waals surface area contributed by atoms with E-state index in [0.29, 0.717) is 23.1 Å². The lowest BCUT2D eigenvalue weighted by molar-refractivity contribution is 0.112. The molecule has 4 rings (SSSR count). The van der Waals surface area contributed by atoms with E-state index in [1.165, 1.54) is 0 Å². The lowest BCUT2D eigenvalue weighted by atomic mass is 10.1. The summed E-state index contributed by atoms with van der Waals surface area (Å²) in [6, 6.07) is 7.84. The molecule has 20 heavy (non-hydrogen) atoms. The minimum Gasteiger partial charge on any atom is -0.336 e. The van der Waals surface area contributed by atoms with Gasteiger partial charge in [-0.25, -0.2) is 4.98 Å². The second-order valence-corrected chi connectivity index (χ2v) is 5.43. The lowest BCUT2D eigenvalue weighted by Gasteiger charge is -2.19. The number of benzene rings is 1. The highest BCUT2D eigenvalue weighted by atomic mass is 35.5. The molecule has 0 radical (unpaired) electrons. The molecular formula is C14H9Cl2N3O. The predicted molar refractivity (Wildman–Crippen MR) is 78.6 cm³/mol. The van der Waals surface area contributed by atoms with Gasteiger partial charge in [0.15, 0.2) is 17.3 Å². The maximum Gasteiger partial charge on any atom is 0.167 e. The van der Waals surface area contributed by atoms with E-state index in [2.05, 4.69) is 9.55 Å². The van der Waals surface area contributed by atoms with Gasteiger partial charge in [0.2, 0.25) is 0 Å². The van der Waals surface area contributed by atoms with Crippen molar-refractivity contribution >= 4 is 40.4 Å². The number of para-hydroxylation sites is 1. The molecule has 3 heterocycles. The van der Waals surface area contributed by atoms with Gasteiger partial charge in [-0.05, 0) is 6.07 Å². The first-order chi connectivity index (χ1) is 9.72. The average molecular weight is 306 g/mol. The minimum atomic E-state index is 0.275. The van der Waals surface area contributed by atoms with Gasteiger partial charge < -0.3 is 9.13 Å². The number of imidazole rings is 1. The summed E-state index contributed by atoms with van der Waals surface area (Å²) in [6.45, 7) is 1.43. The highest BCUT2D eigenvalue weighted by Crippen LogP contribution is 2.38. The molecule has 4 nitrogen and oxygen atoms in total. The Morgan fingerprint density at radius 2 is 1.90 bits per heavy atom. The van der Waals surface area contributed by atoms with Gasteiger partial charge in [-0.2, -0.15) is 0 Å². The summed E-state index contributed by atoms with van der Waals surface area (Å²) >= 11 is 12.2. The number of nitrogens with zero attached hydrogens (tertiary/aromatic N) is 3. The standard InChI is InChI=1S/C14H9Cl2N3O/c15-12-13(16)19-6-5-18-10-4-2-1-3-8(10)9(7-20)11(18)14(19)17-12/h1-4,7H,5-6H2. The summed E-state index contributed by atoms with van der Waals surface area (Å²) < 4.78 is 3.96. The molecule has 0 fully saturated rings. The fourth-order valence-corrected chi connectivity index (χ4v) is 3.30. The van der Waals surface area contributed by atoms with Gasteiger partial charge in [-0.1, -0.05) is 41.4 Å². The van der Waals surface area contributed by atoms with Crippen molar-refractivity contribution in [3.05, 3.63) is 40.1 Å². The van der Waals surface area contributed by atoms with E-state index in [1.54, 1.807) is 0 Å². The molecule has 1 aliphatic heterocycles. The second-order valence-electron chi connectivity index (χ2n) is 4.72. The molecule has 0 saturated carbocycles. The topological polar surface area (TPSA) is 39.8 Å². The SMILES string of the molecule is O=Cc1c2n(c3ccccc13)CCn1c-2nc(Cl)c1Cl. The molecule has 0 saturated heterocycles. The molecule has 0 bridgehead atoms. The number of rotatable bonds is 1. The summed E-state index contributed by atoms with van der Waals surface area (Å²) in [4.78, 5) is 15.9. The maximum atomic E-state index is 11.5. The predicted octanol–water partition coefficient (Wildman–Crippen LogP) is 3.64. The number of fused-ring (bicyclic) bond motifs is 5. The van der Waals surface area contributed by atoms with Crippen LogP contribution in [0, 0.1) is 0 Å². The number of hydrogen-bond donors (Lipinski definition) is 0. The van der Waals surface area contributed by atoms with Crippen molar-refractivity contribution < 1.29 is 4.79 Å². The average Bonchev–Trinajstić information content (AvgIpc) is 2.95. The van der Waals surface area contributed by atoms with E-state index in [1.807, 2.05) is 28.8 Å². The van der Waals surface area contributed by atoms with Crippen LogP contribution in [0.2, 0.25) is 10.3 Å². The third kappa shape index (κ3) is 1.38. The largest absolute Gasteiger partial charge is 0.336 e. The maximum absolute atomic E-state index is 11.5. The van der Waals surface area contributed by atoms with Gasteiger partial charge in [-0.3, -0.25) is 4.79 Å². The first-order valence-corrected chi connectivity index (χ1v) is 6.96. The van der Waals surface area contributed by atoms with E-state index < -0.39 is 0 Å². The molecule has 0 unspecified atom stereocenters. The Balaban J connectivity index is 2.17. The molecule has 1 aliphatic rings. The minimum absolute atomic E-state index is 0.275. The molecule has 0 aliphatic carbocycles. The van der Waals surface area contributed by atoms with Crippen molar-refractivity contribution in [2.75, 3.05) is 0 Å². The van der Waals surface area contributed by atoms with E-state index in [4.69, 9.17) is 23.2 Å². The highest BCUT2D eigenvalue weighted by molar-refractivity contribution is 6.40. The summed E-state index contributed by atoms with van der Waals surface area (Å²) in [5.74, 6) is 0.657. The quantitative estimate of drug-likeness (QED) is 0.644. The van der Waals surface area contributed by atoms with Crippen molar-refractivity contribution in [2.24, 2.45) is 0 Å². The van der Waals surface area contributed by atoms with Crippen LogP contribution in [0.4, 0.5) is 0 Å². The van der Waals surface area contributed by atoms with Gasteiger partial charge >= 0.3 is 0 Å². The van der Waals surface area contributed by atoms with Gasteiger partial charge in [-0.15, -0.1) is 0 Å². The molecule has 0 N–H and O–H groups in total. The number of carbonyl (C=O) groups excluding carboxylic acids is 1. The first kappa shape index (κ1) is 12.0. The molecule has 0 atom stereocenters. The van der Waals surface area contributed by atoms with Gasteiger partial charge in [0.25, 0.3) is 0 Å². The van der Waals surface area contributed by atoms with Crippen molar-refractivity contribution in [2.45, 2.75) is 13.1 Å². The summed E-state index contributed by atoms with van der Waals surface area (Å²) in [7, 11) is 0. The summed E-state index contributed by atoms with van der Waals surface area (Å²) in [5.41, 5.74) is 2.47. The van der Waals surface area contributed by atoms with Crippen LogP contribution in [0.1, 0.15) is 10.4 Å². The lowest BCUT2D eigenvalue weighted by Crippen LogP contribution is -2.17. The van der Waals surface area contributed by atoms with Crippen molar-refractivity contribution in [1.82, 2.24) is 14.1 Å². The van der Waals surface area contributed by atoms with Crippen LogP contribution in [0.25, 0.3) is 22.4 Å². The summed E-state index contributed by atoms with van der Waals surface area (Å²) in [6.07, 6.45) is 0.875. The zero-order valence-electron chi connectivity index (χ0n) is 10.3. The monoisotopic (exact) mass is 305 g/mol. The molecule has 0 amide bonds. The number of carbonyl (C=O) groups is 1. The summed E-state index contributed by atoms with van der Waals surface area (Å²) in [5, 5.41) is 1.63. The number of aldehydes is 1. The third-order valence-corrected chi connectivity index (χ3v) is 4.50. The van der Waals surface area contributed by atoms with Crippen LogP contribution in [0.15, 0.2) is 24.3 Å². The highest BCUT2D eigenvalue weighted by Gasteiger charge is 2.27. The van der Waals surface area contributed by atoms with E-state index in [9.17, 15) is 4.79 Å². The van der Waals surface area contributed by atoms with Crippen LogP contribution in [-0.4, -0.2) is 20.4 Å². The Labute approximate surface area is 124 Å². The molecule has 100 valence electrons. The number of hydrogen-bond acceptors (Lipinski definition) is 2. The molecule has 0 spiro atoms. The van der Waals surface area contributed by atoms with Crippen LogP contribution in [-0.2, 0) is 13.1 Å². The smallest absolute Gasteiger partial charge is 0.167 e. The Morgan fingerprint density at radius 3 is 2.70 bits per heavy atom. The van der Waals surface area contributed by atoms with Gasteiger partial charge in [0, 0.05) is 24.0 Å². The number of aromatic nitrogens is 3. The third-order valence-electron chi connectivity index (χ3n) is 3.75. The Bertz CT molecular complexity index is 863. The van der Waals surface area contributed by atoms with Crippen LogP contribution in [0.3, 0.4) is 0 Å². The zero-order valence-corrected chi connectivity index (χ0v) is 11.8. The molecule has 6 heteroatoms. The van der Waals surface area contributed by atoms with Gasteiger partial charge in [0.05, 0.1) is 11.3 Å². The number of aryl methyl sites for hydroxylation is 1. The fraction of sp³-hybridized carbons (Fsp3) is 0.143. The Kier molecular flexibility index (Phi) is 2.46. The Hall–Kier alpha value is -1.78. The first-order valence-electron chi connectivity index (χ1n) is 6.20. The van der Waals surface area contributed by atoms with Gasteiger partial charge in [0.1, 0.15) is 5.15 Å². The van der Waals surface area contributed by atoms with Crippen LogP contribution in [0.5, 0.6) is 0 Å². The van der Waals surface area contributed by atoms with E-state index in [0.717, 1.165) is 29.4 Å². The van der Waals surface area contributed by atoms with E-state index in [-0.39, 0.29) is 5.15 Å². The fourth-order valence-electron chi connectivity index (χ4n) is 2.91. The van der Waals surface area contributed by atoms with Crippen molar-refractivity contribution in [1.29, 1.82) is 0 Å². The number of halogens is 2. The molecule has 1 aromatic carbocycles. The van der Waals surface area contributed by atoms with E-state index >= 15 is 0 Å².